The van der Waals surface area contributed by atoms with Crippen molar-refractivity contribution in [3.8, 4) is 5.75 Å². The average molecular weight is 442 g/mol. The van der Waals surface area contributed by atoms with Crippen molar-refractivity contribution in [2.24, 2.45) is 5.73 Å². The van der Waals surface area contributed by atoms with Crippen LogP contribution in [0.15, 0.2) is 59.4 Å². The fraction of sp³-hybridized carbons (Fsp3) is 0.130. The van der Waals surface area contributed by atoms with Crippen molar-refractivity contribution >= 4 is 41.2 Å². The number of rotatable bonds is 7. The van der Waals surface area contributed by atoms with Gasteiger partial charge in [0.25, 0.3) is 5.56 Å². The molecule has 30 heavy (non-hydrogen) atoms. The van der Waals surface area contributed by atoms with E-state index in [0.29, 0.717) is 29.2 Å². The average Bonchev–Trinajstić information content (AvgIpc) is 2.75. The summed E-state index contributed by atoms with van der Waals surface area (Å²) in [7, 11) is 1.61. The minimum atomic E-state index is -0.299. The number of ether oxygens (including phenoxy) is 1. The van der Waals surface area contributed by atoms with E-state index in [1.165, 1.54) is 6.07 Å². The molecule has 0 aliphatic carbocycles. The van der Waals surface area contributed by atoms with Crippen molar-refractivity contribution in [1.29, 1.82) is 5.41 Å². The van der Waals surface area contributed by atoms with E-state index < -0.39 is 0 Å². The van der Waals surface area contributed by atoms with E-state index in [4.69, 9.17) is 39.1 Å². The Bertz CT molecular complexity index is 1150. The zero-order chi connectivity index (χ0) is 21.7. The molecule has 3 N–H and O–H groups in total. The van der Waals surface area contributed by atoms with Crippen LogP contribution in [0.3, 0.4) is 0 Å². The van der Waals surface area contributed by atoms with Gasteiger partial charge in [0, 0.05) is 12.1 Å². The minimum Gasteiger partial charge on any atom is -0.497 e. The van der Waals surface area contributed by atoms with Gasteiger partial charge in [0.2, 0.25) is 0 Å². The zero-order valence-corrected chi connectivity index (χ0v) is 17.9. The number of halogens is 2. The number of hydrogen-bond donors (Lipinski definition) is 2. The number of nitrogens with two attached hydrogens (primary N) is 1. The molecule has 0 unspecified atom stereocenters. The highest BCUT2D eigenvalue weighted by molar-refractivity contribution is 6.35. The van der Waals surface area contributed by atoms with E-state index in [1.807, 2.05) is 42.5 Å². The van der Waals surface area contributed by atoms with Gasteiger partial charge in [0.1, 0.15) is 16.6 Å². The molecule has 0 spiro atoms. The maximum Gasteiger partial charge on any atom is 0.269 e. The largest absolute Gasteiger partial charge is 0.497 e. The van der Waals surface area contributed by atoms with E-state index >= 15 is 0 Å². The van der Waals surface area contributed by atoms with Gasteiger partial charge in [-0.25, -0.2) is 0 Å². The third-order valence-electron chi connectivity index (χ3n) is 4.65. The normalized spacial score (nSPS) is 11.0. The molecule has 3 rings (SSSR count). The van der Waals surface area contributed by atoms with Gasteiger partial charge in [-0.15, -0.1) is 0 Å². The molecule has 0 bridgehead atoms. The number of benzene rings is 2. The topological polar surface area (TPSA) is 81.1 Å². The predicted octanol–water partition coefficient (Wildman–Crippen LogP) is 4.86. The van der Waals surface area contributed by atoms with Crippen LogP contribution in [0.1, 0.15) is 22.4 Å². The van der Waals surface area contributed by atoms with Crippen LogP contribution in [-0.2, 0) is 13.0 Å². The van der Waals surface area contributed by atoms with Gasteiger partial charge >= 0.3 is 0 Å². The molecule has 3 aromatic rings. The Kier molecular flexibility index (Phi) is 6.98. The lowest BCUT2D eigenvalue weighted by Crippen LogP contribution is -2.24. The SMILES string of the molecule is COc1cccc(/C=C/c2c(Cl)cc(Cl)c(=O)n2CCc2ccc(C(=N)N)cc2)c1. The molecule has 0 fully saturated rings. The number of nitrogen functional groups attached to an aromatic ring is 1. The van der Waals surface area contributed by atoms with Crippen LogP contribution < -0.4 is 16.0 Å². The zero-order valence-electron chi connectivity index (χ0n) is 16.4. The second-order valence-corrected chi connectivity index (χ2v) is 7.47. The molecule has 1 heterocycles. The number of nitrogens with one attached hydrogen (secondary N) is 1. The lowest BCUT2D eigenvalue weighted by Gasteiger charge is -2.13. The first-order chi connectivity index (χ1) is 14.4. The summed E-state index contributed by atoms with van der Waals surface area (Å²) in [6.07, 6.45) is 4.26. The smallest absolute Gasteiger partial charge is 0.269 e. The molecular formula is C23H21Cl2N3O2. The Hall–Kier alpha value is -3.02. The monoisotopic (exact) mass is 441 g/mol. The van der Waals surface area contributed by atoms with Gasteiger partial charge < -0.3 is 15.0 Å². The molecule has 154 valence electrons. The number of hydrogen-bond acceptors (Lipinski definition) is 3. The maximum atomic E-state index is 12.7. The second-order valence-electron chi connectivity index (χ2n) is 6.65. The molecule has 0 aliphatic rings. The standard InChI is InChI=1S/C23H21Cl2N3O2/c1-30-18-4-2-3-16(13-18)7-10-21-19(24)14-20(25)23(29)28(21)12-11-15-5-8-17(9-6-15)22(26)27/h2-10,13-14H,11-12H2,1H3,(H3,26,27)/b10-7+. The second kappa shape index (κ2) is 9.65. The highest BCUT2D eigenvalue weighted by Gasteiger charge is 2.11. The first-order valence-corrected chi connectivity index (χ1v) is 9.99. The Labute approximate surface area is 184 Å². The summed E-state index contributed by atoms with van der Waals surface area (Å²) in [6.45, 7) is 0.399. The van der Waals surface area contributed by atoms with Crippen molar-refractivity contribution in [2.75, 3.05) is 7.11 Å². The van der Waals surface area contributed by atoms with E-state index in [-0.39, 0.29) is 16.4 Å². The lowest BCUT2D eigenvalue weighted by molar-refractivity contribution is 0.414. The number of aromatic nitrogens is 1. The molecule has 7 heteroatoms. The number of methoxy groups -OCH3 is 1. The Balaban J connectivity index is 1.90. The summed E-state index contributed by atoms with van der Waals surface area (Å²) in [5.41, 5.74) is 8.35. The molecule has 1 aromatic heterocycles. The van der Waals surface area contributed by atoms with Gasteiger partial charge in [-0.2, -0.15) is 0 Å². The van der Waals surface area contributed by atoms with Gasteiger partial charge in [-0.1, -0.05) is 65.7 Å². The summed E-state index contributed by atoms with van der Waals surface area (Å²) in [5.74, 6) is 0.759. The first-order valence-electron chi connectivity index (χ1n) is 9.23. The van der Waals surface area contributed by atoms with E-state index in [1.54, 1.807) is 29.9 Å². The van der Waals surface area contributed by atoms with Crippen LogP contribution in [0.2, 0.25) is 10.0 Å². The molecule has 0 radical (unpaired) electrons. The van der Waals surface area contributed by atoms with Crippen LogP contribution in [-0.4, -0.2) is 17.5 Å². The molecule has 5 nitrogen and oxygen atoms in total. The van der Waals surface area contributed by atoms with Crippen molar-refractivity contribution in [3.63, 3.8) is 0 Å². The molecule has 0 aliphatic heterocycles. The van der Waals surface area contributed by atoms with E-state index in [9.17, 15) is 4.79 Å². The van der Waals surface area contributed by atoms with Crippen molar-refractivity contribution in [2.45, 2.75) is 13.0 Å². The Morgan fingerprint density at radius 1 is 1.10 bits per heavy atom. The summed E-state index contributed by atoms with van der Waals surface area (Å²) >= 11 is 12.5. The van der Waals surface area contributed by atoms with Gasteiger partial charge in [-0.3, -0.25) is 10.2 Å². The van der Waals surface area contributed by atoms with Crippen LogP contribution >= 0.6 is 23.2 Å². The van der Waals surface area contributed by atoms with Gasteiger partial charge in [0.15, 0.2) is 0 Å². The number of nitrogens with zero attached hydrogens (tertiary/aromatic N) is 1. The number of amidine groups is 1. The van der Waals surface area contributed by atoms with Crippen LogP contribution in [0.5, 0.6) is 5.75 Å². The lowest BCUT2D eigenvalue weighted by atomic mass is 10.1. The third-order valence-corrected chi connectivity index (χ3v) is 5.23. The van der Waals surface area contributed by atoms with Crippen molar-refractivity contribution in [3.05, 3.63) is 97.4 Å². The summed E-state index contributed by atoms with van der Waals surface area (Å²) < 4.78 is 6.82. The molecule has 0 saturated carbocycles. The molecule has 0 saturated heterocycles. The number of pyridine rings is 1. The maximum absolute atomic E-state index is 12.7. The Morgan fingerprint density at radius 3 is 2.50 bits per heavy atom. The van der Waals surface area contributed by atoms with Crippen molar-refractivity contribution in [1.82, 2.24) is 4.57 Å². The first kappa shape index (κ1) is 21.7. The predicted molar refractivity (Wildman–Crippen MR) is 124 cm³/mol. The van der Waals surface area contributed by atoms with Gasteiger partial charge in [-0.05, 0) is 41.8 Å². The fourth-order valence-corrected chi connectivity index (χ4v) is 3.56. The number of aryl methyl sites for hydroxylation is 1. The van der Waals surface area contributed by atoms with Crippen LogP contribution in [0.4, 0.5) is 0 Å². The van der Waals surface area contributed by atoms with Crippen LogP contribution in [0, 0.1) is 5.41 Å². The summed E-state index contributed by atoms with van der Waals surface area (Å²) in [6, 6.07) is 16.4. The molecular weight excluding hydrogens is 421 g/mol. The summed E-state index contributed by atoms with van der Waals surface area (Å²) in [5, 5.41) is 7.94. The summed E-state index contributed by atoms with van der Waals surface area (Å²) in [4.78, 5) is 12.7. The Morgan fingerprint density at radius 2 is 1.83 bits per heavy atom. The fourth-order valence-electron chi connectivity index (χ4n) is 3.02. The molecule has 0 atom stereocenters. The highest BCUT2D eigenvalue weighted by Crippen LogP contribution is 2.22. The minimum absolute atomic E-state index is 0.0179. The quantitative estimate of drug-likeness (QED) is 0.405. The van der Waals surface area contributed by atoms with Crippen molar-refractivity contribution < 1.29 is 4.74 Å². The third kappa shape index (κ3) is 5.12. The van der Waals surface area contributed by atoms with Gasteiger partial charge in [0.05, 0.1) is 17.8 Å². The van der Waals surface area contributed by atoms with E-state index in [2.05, 4.69) is 0 Å². The molecule has 2 aromatic carbocycles. The molecule has 0 amide bonds. The van der Waals surface area contributed by atoms with E-state index in [0.717, 1.165) is 16.9 Å². The van der Waals surface area contributed by atoms with Crippen LogP contribution in [0.25, 0.3) is 12.2 Å². The highest BCUT2D eigenvalue weighted by atomic mass is 35.5.